The molecule has 0 saturated heterocycles. The summed E-state index contributed by atoms with van der Waals surface area (Å²) in [6, 6.07) is 2.95. The van der Waals surface area contributed by atoms with Gasteiger partial charge in [0.05, 0.1) is 15.7 Å². The van der Waals surface area contributed by atoms with Gasteiger partial charge in [0.15, 0.2) is 0 Å². The Morgan fingerprint density at radius 2 is 1.95 bits per heavy atom. The van der Waals surface area contributed by atoms with Crippen LogP contribution in [-0.2, 0) is 4.79 Å². The van der Waals surface area contributed by atoms with Crippen LogP contribution in [0.5, 0.6) is 0 Å². The molecule has 0 bridgehead atoms. The van der Waals surface area contributed by atoms with Crippen molar-refractivity contribution in [1.29, 1.82) is 0 Å². The molecule has 0 spiro atoms. The van der Waals surface area contributed by atoms with Gasteiger partial charge in [-0.3, -0.25) is 9.59 Å². The number of nitrogens with two attached hydrogens (primary N) is 1. The molecular formula is C13H17Cl2N3O2. The summed E-state index contributed by atoms with van der Waals surface area (Å²) in [5.74, 6) is -0.471. The van der Waals surface area contributed by atoms with E-state index < -0.39 is 0 Å². The fraction of sp³-hybridized carbons (Fsp3) is 0.385. The minimum absolute atomic E-state index is 0.0769. The van der Waals surface area contributed by atoms with Gasteiger partial charge in [-0.1, -0.05) is 23.2 Å². The lowest BCUT2D eigenvalue weighted by Crippen LogP contribution is -2.34. The molecule has 0 heterocycles. The van der Waals surface area contributed by atoms with Crippen molar-refractivity contribution in [2.75, 3.05) is 12.3 Å². The molecule has 0 radical (unpaired) electrons. The predicted octanol–water partition coefficient (Wildman–Crippen LogP) is 2.22. The molecule has 1 aromatic rings. The second-order valence-electron chi connectivity index (χ2n) is 4.59. The van der Waals surface area contributed by atoms with Gasteiger partial charge in [0.2, 0.25) is 5.91 Å². The summed E-state index contributed by atoms with van der Waals surface area (Å²) in [5, 5.41) is 5.79. The van der Waals surface area contributed by atoms with E-state index in [2.05, 4.69) is 10.6 Å². The van der Waals surface area contributed by atoms with Crippen LogP contribution in [0.1, 0.15) is 30.6 Å². The van der Waals surface area contributed by atoms with Crippen molar-refractivity contribution in [3.8, 4) is 0 Å². The minimum Gasteiger partial charge on any atom is -0.397 e. The fourth-order valence-corrected chi connectivity index (χ4v) is 1.86. The number of benzene rings is 1. The Labute approximate surface area is 127 Å². The van der Waals surface area contributed by atoms with Gasteiger partial charge in [-0.2, -0.15) is 0 Å². The summed E-state index contributed by atoms with van der Waals surface area (Å²) in [7, 11) is 0. The van der Waals surface area contributed by atoms with Crippen molar-refractivity contribution in [1.82, 2.24) is 10.6 Å². The lowest BCUT2D eigenvalue weighted by Gasteiger charge is -2.10. The fourth-order valence-electron chi connectivity index (χ4n) is 1.53. The van der Waals surface area contributed by atoms with Crippen LogP contribution >= 0.6 is 23.2 Å². The van der Waals surface area contributed by atoms with Gasteiger partial charge < -0.3 is 16.4 Å². The third-order valence-corrected chi connectivity index (χ3v) is 3.22. The van der Waals surface area contributed by atoms with Crippen LogP contribution < -0.4 is 16.4 Å². The molecule has 20 heavy (non-hydrogen) atoms. The van der Waals surface area contributed by atoms with Gasteiger partial charge in [-0.05, 0) is 26.0 Å². The quantitative estimate of drug-likeness (QED) is 0.728. The van der Waals surface area contributed by atoms with E-state index in [1.54, 1.807) is 0 Å². The van der Waals surface area contributed by atoms with E-state index >= 15 is 0 Å². The number of carbonyl (C=O) groups is 2. The van der Waals surface area contributed by atoms with Crippen molar-refractivity contribution in [3.63, 3.8) is 0 Å². The van der Waals surface area contributed by atoms with E-state index in [1.165, 1.54) is 12.1 Å². The lowest BCUT2D eigenvalue weighted by molar-refractivity contribution is -0.121. The van der Waals surface area contributed by atoms with E-state index in [4.69, 9.17) is 28.9 Å². The Hall–Kier alpha value is -1.46. The highest BCUT2D eigenvalue weighted by Gasteiger charge is 2.11. The minimum atomic E-state index is -0.354. The highest BCUT2D eigenvalue weighted by Crippen LogP contribution is 2.29. The third kappa shape index (κ3) is 4.90. The summed E-state index contributed by atoms with van der Waals surface area (Å²) in [6.07, 6.45) is 0.209. The molecule has 1 rings (SSSR count). The van der Waals surface area contributed by atoms with Crippen LogP contribution in [0.4, 0.5) is 5.69 Å². The Kier molecular flexibility index (Phi) is 6.10. The molecule has 2 amide bonds. The number of hydrogen-bond acceptors (Lipinski definition) is 3. The second kappa shape index (κ2) is 7.36. The number of nitrogens with one attached hydrogen (secondary N) is 2. The molecular weight excluding hydrogens is 301 g/mol. The molecule has 0 fully saturated rings. The van der Waals surface area contributed by atoms with Crippen LogP contribution in [0, 0.1) is 0 Å². The molecule has 0 aliphatic heterocycles. The summed E-state index contributed by atoms with van der Waals surface area (Å²) in [5.41, 5.74) is 6.17. The summed E-state index contributed by atoms with van der Waals surface area (Å²) < 4.78 is 0. The first-order chi connectivity index (χ1) is 9.31. The topological polar surface area (TPSA) is 84.2 Å². The van der Waals surface area contributed by atoms with E-state index in [0.717, 1.165) is 0 Å². The average molecular weight is 318 g/mol. The summed E-state index contributed by atoms with van der Waals surface area (Å²) in [6.45, 7) is 3.97. The molecule has 0 aliphatic rings. The molecule has 0 atom stereocenters. The van der Waals surface area contributed by atoms with Gasteiger partial charge in [0.1, 0.15) is 0 Å². The van der Waals surface area contributed by atoms with E-state index in [-0.39, 0.29) is 46.6 Å². The molecule has 0 aromatic heterocycles. The normalized spacial score (nSPS) is 10.4. The Balaban J connectivity index is 2.54. The van der Waals surface area contributed by atoms with E-state index in [1.807, 2.05) is 13.8 Å². The maximum atomic E-state index is 11.9. The maximum Gasteiger partial charge on any atom is 0.251 e. The van der Waals surface area contributed by atoms with Crippen LogP contribution in [0.15, 0.2) is 12.1 Å². The molecule has 0 unspecified atom stereocenters. The smallest absolute Gasteiger partial charge is 0.251 e. The van der Waals surface area contributed by atoms with Crippen LogP contribution in [0.25, 0.3) is 0 Å². The second-order valence-corrected chi connectivity index (χ2v) is 5.37. The molecule has 4 N–H and O–H groups in total. The van der Waals surface area contributed by atoms with Crippen molar-refractivity contribution in [2.45, 2.75) is 26.3 Å². The van der Waals surface area contributed by atoms with Crippen LogP contribution in [-0.4, -0.2) is 24.4 Å². The molecule has 0 saturated carbocycles. The number of rotatable bonds is 5. The van der Waals surface area contributed by atoms with Crippen LogP contribution in [0.3, 0.4) is 0 Å². The van der Waals surface area contributed by atoms with Crippen molar-refractivity contribution >= 4 is 40.7 Å². The first-order valence-electron chi connectivity index (χ1n) is 6.13. The van der Waals surface area contributed by atoms with Gasteiger partial charge in [-0.15, -0.1) is 0 Å². The number of hydrogen-bond donors (Lipinski definition) is 3. The molecule has 1 aromatic carbocycles. The number of amides is 2. The highest BCUT2D eigenvalue weighted by molar-refractivity contribution is 6.43. The zero-order valence-electron chi connectivity index (χ0n) is 11.3. The van der Waals surface area contributed by atoms with Gasteiger partial charge in [-0.25, -0.2) is 0 Å². The molecule has 110 valence electrons. The summed E-state index contributed by atoms with van der Waals surface area (Å²) >= 11 is 11.7. The van der Waals surface area contributed by atoms with Crippen molar-refractivity contribution in [2.24, 2.45) is 0 Å². The molecule has 0 aliphatic carbocycles. The largest absolute Gasteiger partial charge is 0.397 e. The lowest BCUT2D eigenvalue weighted by atomic mass is 10.2. The summed E-state index contributed by atoms with van der Waals surface area (Å²) in [4.78, 5) is 23.3. The highest BCUT2D eigenvalue weighted by atomic mass is 35.5. The third-order valence-electron chi connectivity index (χ3n) is 2.41. The maximum absolute atomic E-state index is 11.9. The Morgan fingerprint density at radius 3 is 2.50 bits per heavy atom. The van der Waals surface area contributed by atoms with Crippen LogP contribution in [0.2, 0.25) is 10.0 Å². The zero-order valence-corrected chi connectivity index (χ0v) is 12.8. The predicted molar refractivity (Wildman–Crippen MR) is 81.1 cm³/mol. The monoisotopic (exact) mass is 317 g/mol. The van der Waals surface area contributed by atoms with Gasteiger partial charge >= 0.3 is 0 Å². The standard InChI is InChI=1S/C13H17Cl2N3O2/c1-7(2)18-11(19)3-4-17-13(20)8-5-9(14)12(15)10(16)6-8/h5-7H,3-4,16H2,1-2H3,(H,17,20)(H,18,19). The number of anilines is 1. The van der Waals surface area contributed by atoms with Gasteiger partial charge in [0, 0.05) is 24.6 Å². The first kappa shape index (κ1) is 16.6. The molecule has 7 heteroatoms. The van der Waals surface area contributed by atoms with E-state index in [0.29, 0.717) is 5.56 Å². The number of nitrogen functional groups attached to an aromatic ring is 1. The Bertz CT molecular complexity index is 495. The SMILES string of the molecule is CC(C)NC(=O)CCNC(=O)c1cc(N)c(Cl)c(Cl)c1. The average Bonchev–Trinajstić information content (AvgIpc) is 2.34. The van der Waals surface area contributed by atoms with Crippen molar-refractivity contribution in [3.05, 3.63) is 27.7 Å². The van der Waals surface area contributed by atoms with E-state index in [9.17, 15) is 9.59 Å². The number of carbonyl (C=O) groups excluding carboxylic acids is 2. The zero-order chi connectivity index (χ0) is 15.3. The number of halogens is 2. The van der Waals surface area contributed by atoms with Crippen molar-refractivity contribution < 1.29 is 9.59 Å². The Morgan fingerprint density at radius 1 is 1.30 bits per heavy atom. The first-order valence-corrected chi connectivity index (χ1v) is 6.89. The molecule has 5 nitrogen and oxygen atoms in total. The van der Waals surface area contributed by atoms with Gasteiger partial charge in [0.25, 0.3) is 5.91 Å².